The van der Waals surface area contributed by atoms with E-state index in [2.05, 4.69) is 21.9 Å². The van der Waals surface area contributed by atoms with Gasteiger partial charge in [0, 0.05) is 13.1 Å². The molecule has 2 heterocycles. The van der Waals surface area contributed by atoms with E-state index in [0.29, 0.717) is 6.10 Å². The van der Waals surface area contributed by atoms with Crippen molar-refractivity contribution in [2.45, 2.75) is 12.5 Å². The third-order valence-corrected chi connectivity index (χ3v) is 2.19. The fourth-order valence-electron chi connectivity index (χ4n) is 1.53. The van der Waals surface area contributed by atoms with E-state index < -0.39 is 0 Å². The number of aromatic nitrogens is 2. The molecule has 0 unspecified atom stereocenters. The third-order valence-electron chi connectivity index (χ3n) is 2.19. The summed E-state index contributed by atoms with van der Waals surface area (Å²) in [5.41, 5.74) is 0. The Labute approximate surface area is 77.6 Å². The fraction of sp³-hybridized carbons (Fsp3) is 0.556. The first-order valence-corrected chi connectivity index (χ1v) is 4.45. The summed E-state index contributed by atoms with van der Waals surface area (Å²) in [6.45, 7) is 2.10. The molecule has 0 aromatic carbocycles. The molecule has 4 heteroatoms. The molecule has 70 valence electrons. The highest BCUT2D eigenvalue weighted by Crippen LogP contribution is 2.14. The van der Waals surface area contributed by atoms with Crippen molar-refractivity contribution in [3.8, 4) is 5.75 Å². The summed E-state index contributed by atoms with van der Waals surface area (Å²) < 4.78 is 5.68. The molecule has 1 fully saturated rings. The Hall–Kier alpha value is -1.16. The Kier molecular flexibility index (Phi) is 2.40. The van der Waals surface area contributed by atoms with E-state index in [1.54, 1.807) is 12.4 Å². The molecule has 2 rings (SSSR count). The number of likely N-dealkylation sites (N-methyl/N-ethyl adjacent to an activating group) is 1. The van der Waals surface area contributed by atoms with Crippen molar-refractivity contribution in [3.63, 3.8) is 0 Å². The van der Waals surface area contributed by atoms with E-state index in [4.69, 9.17) is 4.74 Å². The lowest BCUT2D eigenvalue weighted by Crippen LogP contribution is -2.21. The van der Waals surface area contributed by atoms with Crippen LogP contribution in [0, 0.1) is 0 Å². The third kappa shape index (κ3) is 2.15. The first-order valence-electron chi connectivity index (χ1n) is 4.45. The van der Waals surface area contributed by atoms with Crippen molar-refractivity contribution in [1.29, 1.82) is 0 Å². The van der Waals surface area contributed by atoms with Crippen molar-refractivity contribution < 1.29 is 4.74 Å². The molecular weight excluding hydrogens is 166 g/mol. The molecule has 13 heavy (non-hydrogen) atoms. The highest BCUT2D eigenvalue weighted by molar-refractivity contribution is 5.10. The van der Waals surface area contributed by atoms with Gasteiger partial charge >= 0.3 is 0 Å². The summed E-state index contributed by atoms with van der Waals surface area (Å²) in [5.74, 6) is 0.766. The van der Waals surface area contributed by atoms with E-state index in [9.17, 15) is 0 Å². The maximum absolute atomic E-state index is 5.68. The number of likely N-dealkylation sites (tertiary alicyclic amines) is 1. The number of ether oxygens (including phenoxy) is 1. The van der Waals surface area contributed by atoms with Crippen LogP contribution in [0.1, 0.15) is 6.42 Å². The molecule has 4 nitrogen and oxygen atoms in total. The van der Waals surface area contributed by atoms with Gasteiger partial charge in [-0.05, 0) is 13.5 Å². The largest absolute Gasteiger partial charge is 0.486 e. The van der Waals surface area contributed by atoms with Crippen LogP contribution in [0.15, 0.2) is 18.7 Å². The topological polar surface area (TPSA) is 38.2 Å². The van der Waals surface area contributed by atoms with E-state index in [-0.39, 0.29) is 0 Å². The second-order valence-electron chi connectivity index (χ2n) is 3.36. The summed E-state index contributed by atoms with van der Waals surface area (Å²) >= 11 is 0. The molecule has 0 radical (unpaired) electrons. The minimum absolute atomic E-state index is 0.302. The number of hydrogen-bond acceptors (Lipinski definition) is 4. The van der Waals surface area contributed by atoms with Gasteiger partial charge in [-0.2, -0.15) is 0 Å². The van der Waals surface area contributed by atoms with Crippen LogP contribution in [0.25, 0.3) is 0 Å². The predicted octanol–water partition coefficient (Wildman–Crippen LogP) is 0.560. The first kappa shape index (κ1) is 8.44. The highest BCUT2D eigenvalue weighted by atomic mass is 16.5. The zero-order chi connectivity index (χ0) is 9.10. The maximum atomic E-state index is 5.68. The Bertz CT molecular complexity index is 265. The minimum atomic E-state index is 0.302. The van der Waals surface area contributed by atoms with Crippen molar-refractivity contribution in [2.75, 3.05) is 20.1 Å². The van der Waals surface area contributed by atoms with Crippen LogP contribution in [0.4, 0.5) is 0 Å². The van der Waals surface area contributed by atoms with Gasteiger partial charge in [0.15, 0.2) is 5.75 Å². The van der Waals surface area contributed by atoms with Crippen LogP contribution in [0.5, 0.6) is 5.75 Å². The average molecular weight is 179 g/mol. The first-order chi connectivity index (χ1) is 6.34. The smallest absolute Gasteiger partial charge is 0.156 e. The number of rotatable bonds is 2. The molecular formula is C9H13N3O. The molecule has 0 saturated carbocycles. The normalized spacial score (nSPS) is 23.3. The Balaban J connectivity index is 1.92. The quantitative estimate of drug-likeness (QED) is 0.665. The van der Waals surface area contributed by atoms with E-state index in [0.717, 1.165) is 25.3 Å². The van der Waals surface area contributed by atoms with Gasteiger partial charge in [0.05, 0.1) is 12.4 Å². The Morgan fingerprint density at radius 1 is 1.46 bits per heavy atom. The predicted molar refractivity (Wildman–Crippen MR) is 48.6 cm³/mol. The van der Waals surface area contributed by atoms with Crippen molar-refractivity contribution >= 4 is 0 Å². The van der Waals surface area contributed by atoms with E-state index in [1.807, 2.05) is 0 Å². The molecule has 1 aliphatic rings. The Morgan fingerprint density at radius 2 is 2.23 bits per heavy atom. The number of hydrogen-bond donors (Lipinski definition) is 0. The van der Waals surface area contributed by atoms with E-state index in [1.165, 1.54) is 6.33 Å². The van der Waals surface area contributed by atoms with Gasteiger partial charge in [-0.1, -0.05) is 0 Å². The molecule has 1 aliphatic heterocycles. The minimum Gasteiger partial charge on any atom is -0.486 e. The SMILES string of the molecule is CN1CC[C@H](Oc2cncnc2)C1. The molecule has 1 saturated heterocycles. The van der Waals surface area contributed by atoms with Crippen LogP contribution >= 0.6 is 0 Å². The van der Waals surface area contributed by atoms with Gasteiger partial charge in [-0.15, -0.1) is 0 Å². The van der Waals surface area contributed by atoms with Gasteiger partial charge in [-0.25, -0.2) is 9.97 Å². The van der Waals surface area contributed by atoms with Gasteiger partial charge in [0.2, 0.25) is 0 Å². The molecule has 0 bridgehead atoms. The lowest BCUT2D eigenvalue weighted by Gasteiger charge is -2.12. The monoisotopic (exact) mass is 179 g/mol. The van der Waals surface area contributed by atoms with Crippen LogP contribution in [0.3, 0.4) is 0 Å². The van der Waals surface area contributed by atoms with Gasteiger partial charge in [0.25, 0.3) is 0 Å². The summed E-state index contributed by atoms with van der Waals surface area (Å²) in [4.78, 5) is 10.1. The number of nitrogens with zero attached hydrogens (tertiary/aromatic N) is 3. The highest BCUT2D eigenvalue weighted by Gasteiger charge is 2.20. The molecule has 0 aliphatic carbocycles. The lowest BCUT2D eigenvalue weighted by molar-refractivity contribution is 0.206. The molecule has 0 spiro atoms. The van der Waals surface area contributed by atoms with Crippen LogP contribution in [-0.2, 0) is 0 Å². The second-order valence-corrected chi connectivity index (χ2v) is 3.36. The lowest BCUT2D eigenvalue weighted by atomic mass is 10.3. The maximum Gasteiger partial charge on any atom is 0.156 e. The van der Waals surface area contributed by atoms with Gasteiger partial charge < -0.3 is 9.64 Å². The second kappa shape index (κ2) is 3.70. The van der Waals surface area contributed by atoms with Gasteiger partial charge in [-0.3, -0.25) is 0 Å². The fourth-order valence-corrected chi connectivity index (χ4v) is 1.53. The van der Waals surface area contributed by atoms with Crippen LogP contribution in [-0.4, -0.2) is 41.1 Å². The van der Waals surface area contributed by atoms with Gasteiger partial charge in [0.1, 0.15) is 12.4 Å². The Morgan fingerprint density at radius 3 is 2.85 bits per heavy atom. The van der Waals surface area contributed by atoms with Crippen molar-refractivity contribution in [2.24, 2.45) is 0 Å². The zero-order valence-corrected chi connectivity index (χ0v) is 7.68. The summed E-state index contributed by atoms with van der Waals surface area (Å²) in [5, 5.41) is 0. The van der Waals surface area contributed by atoms with Crippen LogP contribution in [0.2, 0.25) is 0 Å². The van der Waals surface area contributed by atoms with Crippen LogP contribution < -0.4 is 4.74 Å². The standard InChI is InChI=1S/C9H13N3O/c1-12-3-2-8(6-12)13-9-4-10-7-11-5-9/h4-5,7-8H,2-3,6H2,1H3/t8-/m0/s1. The average Bonchev–Trinajstić information content (AvgIpc) is 2.53. The molecule has 0 amide bonds. The van der Waals surface area contributed by atoms with Crippen molar-refractivity contribution in [3.05, 3.63) is 18.7 Å². The summed E-state index contributed by atoms with van der Waals surface area (Å²) in [7, 11) is 2.10. The zero-order valence-electron chi connectivity index (χ0n) is 7.68. The molecule has 1 atom stereocenters. The summed E-state index contributed by atoms with van der Waals surface area (Å²) in [6.07, 6.45) is 6.30. The molecule has 1 aromatic rings. The molecule has 1 aromatic heterocycles. The molecule has 0 N–H and O–H groups in total. The van der Waals surface area contributed by atoms with Crippen molar-refractivity contribution in [1.82, 2.24) is 14.9 Å². The van der Waals surface area contributed by atoms with E-state index >= 15 is 0 Å². The summed E-state index contributed by atoms with van der Waals surface area (Å²) in [6, 6.07) is 0.